The Labute approximate surface area is 167 Å². The number of sulfonamides is 1. The van der Waals surface area contributed by atoms with Crippen molar-refractivity contribution in [2.24, 2.45) is 0 Å². The molecule has 152 valence electrons. The van der Waals surface area contributed by atoms with E-state index in [1.165, 1.54) is 28.9 Å². The van der Waals surface area contributed by atoms with Gasteiger partial charge in [0.15, 0.2) is 5.52 Å². The standard InChI is InChI=1S/C19H19FN4O4S/c1-29(25,26)24-8-9-27-15(11-24)12-28-19-18-17(21-6-7-22-18)10-16(23-19)13-2-4-14(20)5-3-13/h2-7,10,15H,8-9,11-12H2,1H3/t15-/m0/s1. The summed E-state index contributed by atoms with van der Waals surface area (Å²) in [5.74, 6) is -0.0781. The highest BCUT2D eigenvalue weighted by Crippen LogP contribution is 2.27. The van der Waals surface area contributed by atoms with Gasteiger partial charge in [-0.15, -0.1) is 0 Å². The molecule has 0 N–H and O–H groups in total. The molecule has 0 aliphatic carbocycles. The van der Waals surface area contributed by atoms with Gasteiger partial charge in [0, 0.05) is 31.0 Å². The molecule has 2 aromatic heterocycles. The number of pyridine rings is 1. The third-order valence-electron chi connectivity index (χ3n) is 4.54. The summed E-state index contributed by atoms with van der Waals surface area (Å²) in [6.07, 6.45) is 3.85. The van der Waals surface area contributed by atoms with Gasteiger partial charge in [-0.3, -0.25) is 4.98 Å². The number of halogens is 1. The zero-order valence-electron chi connectivity index (χ0n) is 15.7. The van der Waals surface area contributed by atoms with Gasteiger partial charge in [0.2, 0.25) is 15.9 Å². The fourth-order valence-corrected chi connectivity index (χ4v) is 3.92. The highest BCUT2D eigenvalue weighted by atomic mass is 32.2. The lowest BCUT2D eigenvalue weighted by atomic mass is 10.1. The zero-order valence-corrected chi connectivity index (χ0v) is 16.5. The van der Waals surface area contributed by atoms with Gasteiger partial charge >= 0.3 is 0 Å². The van der Waals surface area contributed by atoms with E-state index in [4.69, 9.17) is 9.47 Å². The number of ether oxygens (including phenoxy) is 2. The maximum absolute atomic E-state index is 13.2. The first-order valence-electron chi connectivity index (χ1n) is 8.97. The maximum Gasteiger partial charge on any atom is 0.242 e. The van der Waals surface area contributed by atoms with Crippen molar-refractivity contribution in [1.82, 2.24) is 19.3 Å². The van der Waals surface area contributed by atoms with Crippen molar-refractivity contribution >= 4 is 21.1 Å². The van der Waals surface area contributed by atoms with Gasteiger partial charge in [0.1, 0.15) is 18.5 Å². The molecule has 0 spiro atoms. The second-order valence-corrected chi connectivity index (χ2v) is 8.65. The van der Waals surface area contributed by atoms with Crippen molar-refractivity contribution in [2.75, 3.05) is 32.6 Å². The Kier molecular flexibility index (Phi) is 5.39. The van der Waals surface area contributed by atoms with Crippen molar-refractivity contribution in [3.05, 3.63) is 48.5 Å². The fourth-order valence-electron chi connectivity index (χ4n) is 3.08. The van der Waals surface area contributed by atoms with Crippen molar-refractivity contribution in [3.8, 4) is 17.1 Å². The molecule has 0 radical (unpaired) electrons. The molecule has 3 heterocycles. The molecule has 29 heavy (non-hydrogen) atoms. The van der Waals surface area contributed by atoms with Crippen LogP contribution in [-0.4, -0.2) is 66.3 Å². The number of fused-ring (bicyclic) bond motifs is 1. The molecule has 1 saturated heterocycles. The van der Waals surface area contributed by atoms with Crippen LogP contribution in [0.15, 0.2) is 42.7 Å². The minimum absolute atomic E-state index is 0.109. The summed E-state index contributed by atoms with van der Waals surface area (Å²) >= 11 is 0. The van der Waals surface area contributed by atoms with Gasteiger partial charge in [-0.2, -0.15) is 4.31 Å². The van der Waals surface area contributed by atoms with Gasteiger partial charge in [0.25, 0.3) is 0 Å². The third-order valence-corrected chi connectivity index (χ3v) is 5.81. The number of morpholine rings is 1. The van der Waals surface area contributed by atoms with E-state index in [2.05, 4.69) is 15.0 Å². The van der Waals surface area contributed by atoms with E-state index in [0.29, 0.717) is 35.4 Å². The van der Waals surface area contributed by atoms with Gasteiger partial charge in [-0.25, -0.2) is 22.8 Å². The van der Waals surface area contributed by atoms with Crippen molar-refractivity contribution in [3.63, 3.8) is 0 Å². The first-order valence-corrected chi connectivity index (χ1v) is 10.8. The fraction of sp³-hybridized carbons (Fsp3) is 0.316. The summed E-state index contributed by atoms with van der Waals surface area (Å²) in [4.78, 5) is 13.1. The molecule has 1 atom stereocenters. The normalized spacial score (nSPS) is 18.1. The predicted molar refractivity (Wildman–Crippen MR) is 104 cm³/mol. The van der Waals surface area contributed by atoms with E-state index >= 15 is 0 Å². The van der Waals surface area contributed by atoms with E-state index in [0.717, 1.165) is 0 Å². The highest BCUT2D eigenvalue weighted by Gasteiger charge is 2.27. The molecule has 1 aliphatic rings. The van der Waals surface area contributed by atoms with Crippen LogP contribution in [0.25, 0.3) is 22.3 Å². The predicted octanol–water partition coefficient (Wildman–Crippen LogP) is 1.87. The van der Waals surface area contributed by atoms with Crippen LogP contribution in [0.4, 0.5) is 4.39 Å². The molecule has 1 aliphatic heterocycles. The molecular formula is C19H19FN4O4S. The molecule has 1 aromatic carbocycles. The van der Waals surface area contributed by atoms with Crippen LogP contribution < -0.4 is 4.74 Å². The first-order chi connectivity index (χ1) is 13.9. The van der Waals surface area contributed by atoms with E-state index in [-0.39, 0.29) is 24.8 Å². The molecule has 0 amide bonds. The van der Waals surface area contributed by atoms with Crippen LogP contribution in [0.5, 0.6) is 5.88 Å². The van der Waals surface area contributed by atoms with Gasteiger partial charge in [0.05, 0.1) is 24.1 Å². The number of aromatic nitrogens is 3. The van der Waals surface area contributed by atoms with E-state index in [1.54, 1.807) is 24.4 Å². The van der Waals surface area contributed by atoms with Gasteiger partial charge in [-0.05, 0) is 30.3 Å². The molecule has 0 bridgehead atoms. The van der Waals surface area contributed by atoms with Crippen molar-refractivity contribution < 1.29 is 22.3 Å². The zero-order chi connectivity index (χ0) is 20.4. The number of nitrogens with zero attached hydrogens (tertiary/aromatic N) is 4. The van der Waals surface area contributed by atoms with E-state index < -0.39 is 16.1 Å². The van der Waals surface area contributed by atoms with Crippen LogP contribution in [0.1, 0.15) is 0 Å². The maximum atomic E-state index is 13.2. The second kappa shape index (κ2) is 7.97. The summed E-state index contributed by atoms with van der Waals surface area (Å²) in [5.41, 5.74) is 2.34. The first kappa shape index (κ1) is 19.6. The monoisotopic (exact) mass is 418 g/mol. The Morgan fingerprint density at radius 3 is 2.76 bits per heavy atom. The number of hydrogen-bond donors (Lipinski definition) is 0. The lowest BCUT2D eigenvalue weighted by Crippen LogP contribution is -2.47. The molecular weight excluding hydrogens is 399 g/mol. The summed E-state index contributed by atoms with van der Waals surface area (Å²) in [5, 5.41) is 0. The number of hydrogen-bond acceptors (Lipinski definition) is 7. The average molecular weight is 418 g/mol. The Balaban J connectivity index is 1.60. The van der Waals surface area contributed by atoms with Crippen LogP contribution in [-0.2, 0) is 14.8 Å². The molecule has 0 unspecified atom stereocenters. The molecule has 8 nitrogen and oxygen atoms in total. The van der Waals surface area contributed by atoms with Gasteiger partial charge < -0.3 is 9.47 Å². The Bertz CT molecular complexity index is 1120. The van der Waals surface area contributed by atoms with Gasteiger partial charge in [-0.1, -0.05) is 0 Å². The largest absolute Gasteiger partial charge is 0.473 e. The number of rotatable bonds is 5. The van der Waals surface area contributed by atoms with Crippen LogP contribution >= 0.6 is 0 Å². The van der Waals surface area contributed by atoms with Crippen molar-refractivity contribution in [1.29, 1.82) is 0 Å². The molecule has 0 saturated carbocycles. The average Bonchev–Trinajstić information content (AvgIpc) is 2.72. The molecule has 3 aromatic rings. The van der Waals surface area contributed by atoms with Crippen LogP contribution in [0, 0.1) is 5.82 Å². The lowest BCUT2D eigenvalue weighted by Gasteiger charge is -2.30. The smallest absolute Gasteiger partial charge is 0.242 e. The third kappa shape index (κ3) is 4.50. The Hall–Kier alpha value is -2.69. The lowest BCUT2D eigenvalue weighted by molar-refractivity contribution is -0.0252. The quantitative estimate of drug-likeness (QED) is 0.624. The summed E-state index contributed by atoms with van der Waals surface area (Å²) in [7, 11) is -3.29. The topological polar surface area (TPSA) is 94.5 Å². The molecule has 1 fully saturated rings. The summed E-state index contributed by atoms with van der Waals surface area (Å²) in [6, 6.07) is 7.71. The Morgan fingerprint density at radius 1 is 1.24 bits per heavy atom. The SMILES string of the molecule is CS(=O)(=O)N1CCO[C@H](COc2nc(-c3ccc(F)cc3)cc3nccnc23)C1. The highest BCUT2D eigenvalue weighted by molar-refractivity contribution is 7.88. The van der Waals surface area contributed by atoms with Crippen LogP contribution in [0.3, 0.4) is 0 Å². The molecule has 4 rings (SSSR count). The summed E-state index contributed by atoms with van der Waals surface area (Å²) in [6.45, 7) is 0.935. The number of benzene rings is 1. The molecule has 10 heteroatoms. The minimum Gasteiger partial charge on any atom is -0.473 e. The van der Waals surface area contributed by atoms with Crippen LogP contribution in [0.2, 0.25) is 0 Å². The van der Waals surface area contributed by atoms with E-state index in [9.17, 15) is 12.8 Å². The minimum atomic E-state index is -3.29. The summed E-state index contributed by atoms with van der Waals surface area (Å²) < 4.78 is 49.7. The van der Waals surface area contributed by atoms with Crippen molar-refractivity contribution in [2.45, 2.75) is 6.10 Å². The van der Waals surface area contributed by atoms with E-state index in [1.807, 2.05) is 0 Å². The Morgan fingerprint density at radius 2 is 2.00 bits per heavy atom. The second-order valence-electron chi connectivity index (χ2n) is 6.67.